The summed E-state index contributed by atoms with van der Waals surface area (Å²) in [6, 6.07) is 0. The molecule has 0 aromatic heterocycles. The standard InChI is InChI=1S/C14H28N2O/c1-14(2)5-4-13(17)12(10-14)11-16-8-6-15(3)7-9-16/h12-13,17H,4-11H2,1-3H3. The van der Waals surface area contributed by atoms with Crippen LogP contribution in [0.3, 0.4) is 0 Å². The van der Waals surface area contributed by atoms with E-state index >= 15 is 0 Å². The van der Waals surface area contributed by atoms with E-state index in [0.717, 1.165) is 13.0 Å². The van der Waals surface area contributed by atoms with E-state index in [1.807, 2.05) is 0 Å². The molecule has 17 heavy (non-hydrogen) atoms. The molecule has 0 radical (unpaired) electrons. The molecule has 2 rings (SSSR count). The van der Waals surface area contributed by atoms with Gasteiger partial charge in [-0.25, -0.2) is 0 Å². The molecule has 1 aliphatic carbocycles. The molecule has 0 aromatic rings. The van der Waals surface area contributed by atoms with Crippen LogP contribution in [0.15, 0.2) is 0 Å². The fourth-order valence-corrected chi connectivity index (χ4v) is 3.27. The quantitative estimate of drug-likeness (QED) is 0.791. The minimum atomic E-state index is -0.0670. The van der Waals surface area contributed by atoms with Gasteiger partial charge in [-0.2, -0.15) is 0 Å². The SMILES string of the molecule is CN1CCN(CC2CC(C)(C)CCC2O)CC1. The maximum Gasteiger partial charge on any atom is 0.0581 e. The molecule has 0 bridgehead atoms. The minimum Gasteiger partial charge on any atom is -0.393 e. The van der Waals surface area contributed by atoms with Gasteiger partial charge < -0.3 is 14.9 Å². The normalized spacial score (nSPS) is 36.0. The Balaban J connectivity index is 1.84. The monoisotopic (exact) mass is 240 g/mol. The molecular formula is C14H28N2O. The van der Waals surface area contributed by atoms with Crippen LogP contribution in [-0.2, 0) is 0 Å². The zero-order valence-electron chi connectivity index (χ0n) is 11.7. The molecule has 0 aromatic carbocycles. The molecule has 1 heterocycles. The molecular weight excluding hydrogens is 212 g/mol. The summed E-state index contributed by atoms with van der Waals surface area (Å²) in [4.78, 5) is 4.92. The summed E-state index contributed by atoms with van der Waals surface area (Å²) in [6.07, 6.45) is 3.28. The zero-order chi connectivity index (χ0) is 12.5. The average Bonchev–Trinajstić information content (AvgIpc) is 2.26. The predicted octanol–water partition coefficient (Wildman–Crippen LogP) is 1.42. The summed E-state index contributed by atoms with van der Waals surface area (Å²) in [6.45, 7) is 10.5. The summed E-state index contributed by atoms with van der Waals surface area (Å²) in [7, 11) is 2.19. The van der Waals surface area contributed by atoms with Crippen LogP contribution in [0.25, 0.3) is 0 Å². The summed E-state index contributed by atoms with van der Waals surface area (Å²) in [5.41, 5.74) is 0.427. The van der Waals surface area contributed by atoms with Crippen molar-refractivity contribution in [3.8, 4) is 0 Å². The van der Waals surface area contributed by atoms with Crippen LogP contribution in [0, 0.1) is 11.3 Å². The maximum absolute atomic E-state index is 10.1. The Morgan fingerprint density at radius 2 is 1.82 bits per heavy atom. The first-order valence-electron chi connectivity index (χ1n) is 7.05. The molecule has 2 aliphatic rings. The van der Waals surface area contributed by atoms with Crippen molar-refractivity contribution in [2.45, 2.75) is 39.2 Å². The van der Waals surface area contributed by atoms with Gasteiger partial charge in [0.15, 0.2) is 0 Å². The van der Waals surface area contributed by atoms with Crippen molar-refractivity contribution in [1.82, 2.24) is 9.80 Å². The van der Waals surface area contributed by atoms with Crippen LogP contribution >= 0.6 is 0 Å². The molecule has 3 nitrogen and oxygen atoms in total. The molecule has 1 saturated heterocycles. The maximum atomic E-state index is 10.1. The van der Waals surface area contributed by atoms with Gasteiger partial charge >= 0.3 is 0 Å². The minimum absolute atomic E-state index is 0.0670. The smallest absolute Gasteiger partial charge is 0.0581 e. The van der Waals surface area contributed by atoms with E-state index in [9.17, 15) is 5.11 Å². The predicted molar refractivity (Wildman–Crippen MR) is 71.1 cm³/mol. The summed E-state index contributed by atoms with van der Waals surface area (Å²) >= 11 is 0. The Morgan fingerprint density at radius 3 is 2.47 bits per heavy atom. The molecule has 1 aliphatic heterocycles. The van der Waals surface area contributed by atoms with Crippen molar-refractivity contribution in [1.29, 1.82) is 0 Å². The molecule has 2 unspecified atom stereocenters. The number of aliphatic hydroxyl groups excluding tert-OH is 1. The number of nitrogens with zero attached hydrogens (tertiary/aromatic N) is 2. The average molecular weight is 240 g/mol. The summed E-state index contributed by atoms with van der Waals surface area (Å²) in [5, 5.41) is 10.1. The number of aliphatic hydroxyl groups is 1. The Kier molecular flexibility index (Phi) is 4.11. The van der Waals surface area contributed by atoms with Crippen molar-refractivity contribution < 1.29 is 5.11 Å². The molecule has 2 atom stereocenters. The highest BCUT2D eigenvalue weighted by Crippen LogP contribution is 2.39. The molecule has 1 saturated carbocycles. The van der Waals surface area contributed by atoms with E-state index < -0.39 is 0 Å². The van der Waals surface area contributed by atoms with Gasteiger partial charge in [0.05, 0.1) is 6.10 Å². The van der Waals surface area contributed by atoms with Gasteiger partial charge in [-0.15, -0.1) is 0 Å². The van der Waals surface area contributed by atoms with Crippen molar-refractivity contribution >= 4 is 0 Å². The van der Waals surface area contributed by atoms with Gasteiger partial charge in [0.1, 0.15) is 0 Å². The lowest BCUT2D eigenvalue weighted by Crippen LogP contribution is -2.48. The highest BCUT2D eigenvalue weighted by molar-refractivity contribution is 4.87. The van der Waals surface area contributed by atoms with E-state index in [1.54, 1.807) is 0 Å². The Labute approximate surface area is 106 Å². The first-order chi connectivity index (χ1) is 7.96. The summed E-state index contributed by atoms with van der Waals surface area (Å²) in [5.74, 6) is 0.488. The number of hydrogen-bond donors (Lipinski definition) is 1. The van der Waals surface area contributed by atoms with E-state index in [-0.39, 0.29) is 6.10 Å². The number of likely N-dealkylation sites (N-methyl/N-ethyl adjacent to an activating group) is 1. The van der Waals surface area contributed by atoms with Gasteiger partial charge in [-0.05, 0) is 37.6 Å². The third-order valence-corrected chi connectivity index (χ3v) is 4.56. The topological polar surface area (TPSA) is 26.7 Å². The van der Waals surface area contributed by atoms with Crippen molar-refractivity contribution in [3.05, 3.63) is 0 Å². The number of piperazine rings is 1. The van der Waals surface area contributed by atoms with Crippen LogP contribution in [0.4, 0.5) is 0 Å². The van der Waals surface area contributed by atoms with Gasteiger partial charge in [-0.3, -0.25) is 0 Å². The van der Waals surface area contributed by atoms with Crippen molar-refractivity contribution in [3.63, 3.8) is 0 Å². The third-order valence-electron chi connectivity index (χ3n) is 4.56. The Hall–Kier alpha value is -0.120. The van der Waals surface area contributed by atoms with Crippen LogP contribution in [-0.4, -0.2) is 60.8 Å². The molecule has 0 spiro atoms. The van der Waals surface area contributed by atoms with Crippen molar-refractivity contribution in [2.75, 3.05) is 39.8 Å². The van der Waals surface area contributed by atoms with Gasteiger partial charge in [-0.1, -0.05) is 13.8 Å². The van der Waals surface area contributed by atoms with Gasteiger partial charge in [0.2, 0.25) is 0 Å². The third kappa shape index (κ3) is 3.67. The summed E-state index contributed by atoms with van der Waals surface area (Å²) < 4.78 is 0. The first kappa shape index (κ1) is 13.3. The van der Waals surface area contributed by atoms with Crippen LogP contribution in [0.5, 0.6) is 0 Å². The molecule has 2 fully saturated rings. The number of rotatable bonds is 2. The second-order valence-electron chi connectivity index (χ2n) is 6.84. The van der Waals surface area contributed by atoms with Crippen LogP contribution < -0.4 is 0 Å². The Morgan fingerprint density at radius 1 is 1.18 bits per heavy atom. The second kappa shape index (κ2) is 5.25. The highest BCUT2D eigenvalue weighted by Gasteiger charge is 2.34. The molecule has 1 N–H and O–H groups in total. The Bertz CT molecular complexity index is 247. The molecule has 100 valence electrons. The molecule has 3 heteroatoms. The lowest BCUT2D eigenvalue weighted by atomic mass is 9.70. The van der Waals surface area contributed by atoms with Crippen LogP contribution in [0.1, 0.15) is 33.1 Å². The zero-order valence-corrected chi connectivity index (χ0v) is 11.7. The first-order valence-corrected chi connectivity index (χ1v) is 7.05. The van der Waals surface area contributed by atoms with E-state index in [2.05, 4.69) is 30.7 Å². The van der Waals surface area contributed by atoms with E-state index in [0.29, 0.717) is 11.3 Å². The lowest BCUT2D eigenvalue weighted by molar-refractivity contribution is -0.00204. The number of hydrogen-bond acceptors (Lipinski definition) is 3. The largest absolute Gasteiger partial charge is 0.393 e. The van der Waals surface area contributed by atoms with Gasteiger partial charge in [0, 0.05) is 32.7 Å². The molecule has 0 amide bonds. The second-order valence-corrected chi connectivity index (χ2v) is 6.84. The van der Waals surface area contributed by atoms with E-state index in [4.69, 9.17) is 0 Å². The van der Waals surface area contributed by atoms with Gasteiger partial charge in [0.25, 0.3) is 0 Å². The fraction of sp³-hybridized carbons (Fsp3) is 1.00. The van der Waals surface area contributed by atoms with Crippen molar-refractivity contribution in [2.24, 2.45) is 11.3 Å². The highest BCUT2D eigenvalue weighted by atomic mass is 16.3. The van der Waals surface area contributed by atoms with Crippen LogP contribution in [0.2, 0.25) is 0 Å². The van der Waals surface area contributed by atoms with E-state index in [1.165, 1.54) is 39.0 Å². The fourth-order valence-electron chi connectivity index (χ4n) is 3.27. The lowest BCUT2D eigenvalue weighted by Gasteiger charge is -2.42.